The Morgan fingerprint density at radius 3 is 2.61 bits per heavy atom. The number of anilines is 3. The van der Waals surface area contributed by atoms with E-state index in [9.17, 15) is 9.59 Å². The standard InChI is InChI=1S/C29H30N6O2S/c1-20(36)22-6-3-5-21(17-22)19-31-28(37)27-10-9-26(38-27)25-11-12-30-29(33-25)32-23-7-4-8-24(18-23)35-15-13-34(2)14-16-35/h3-12,17-18H,13-16,19H2,1-2H3,(H,31,37)(H,30,32,33). The van der Waals surface area contributed by atoms with Gasteiger partial charge in [-0.2, -0.15) is 0 Å². The fourth-order valence-corrected chi connectivity index (χ4v) is 5.19. The number of rotatable bonds is 8. The van der Waals surface area contributed by atoms with Crippen LogP contribution in [0.3, 0.4) is 0 Å². The number of aromatic nitrogens is 2. The van der Waals surface area contributed by atoms with Gasteiger partial charge in [-0.25, -0.2) is 9.97 Å². The number of amides is 1. The molecule has 2 N–H and O–H groups in total. The van der Waals surface area contributed by atoms with Crippen LogP contribution in [0.5, 0.6) is 0 Å². The van der Waals surface area contributed by atoms with Crippen molar-refractivity contribution >= 4 is 40.4 Å². The number of Topliss-reactive ketones (excluding diaryl/α,β-unsaturated/α-hetero) is 1. The molecular weight excluding hydrogens is 496 g/mol. The van der Waals surface area contributed by atoms with Gasteiger partial charge < -0.3 is 20.4 Å². The lowest BCUT2D eigenvalue weighted by Gasteiger charge is -2.34. The molecule has 5 rings (SSSR count). The SMILES string of the molecule is CC(=O)c1cccc(CNC(=O)c2ccc(-c3ccnc(Nc4cccc(N5CCN(C)CC5)c4)n3)s2)c1. The minimum Gasteiger partial charge on any atom is -0.369 e. The molecule has 0 unspecified atom stereocenters. The monoisotopic (exact) mass is 526 g/mol. The van der Waals surface area contributed by atoms with Gasteiger partial charge in [-0.1, -0.05) is 24.3 Å². The van der Waals surface area contributed by atoms with Crippen LogP contribution < -0.4 is 15.5 Å². The Morgan fingerprint density at radius 2 is 1.79 bits per heavy atom. The quantitative estimate of drug-likeness (QED) is 0.318. The molecular formula is C29H30N6O2S. The zero-order chi connectivity index (χ0) is 26.5. The first-order valence-corrected chi connectivity index (χ1v) is 13.4. The van der Waals surface area contributed by atoms with E-state index in [4.69, 9.17) is 0 Å². The number of benzene rings is 2. The van der Waals surface area contributed by atoms with Gasteiger partial charge in [-0.3, -0.25) is 9.59 Å². The predicted molar refractivity (Wildman–Crippen MR) is 152 cm³/mol. The summed E-state index contributed by atoms with van der Waals surface area (Å²) in [7, 11) is 2.15. The maximum absolute atomic E-state index is 12.8. The summed E-state index contributed by atoms with van der Waals surface area (Å²) >= 11 is 1.38. The summed E-state index contributed by atoms with van der Waals surface area (Å²) in [6.45, 7) is 6.00. The zero-order valence-corrected chi connectivity index (χ0v) is 22.3. The van der Waals surface area contributed by atoms with E-state index in [2.05, 4.69) is 49.6 Å². The molecule has 0 spiro atoms. The first-order valence-electron chi connectivity index (χ1n) is 12.6. The van der Waals surface area contributed by atoms with E-state index in [-0.39, 0.29) is 11.7 Å². The number of nitrogens with one attached hydrogen (secondary N) is 2. The molecule has 1 aliphatic rings. The van der Waals surface area contributed by atoms with E-state index in [0.29, 0.717) is 22.9 Å². The van der Waals surface area contributed by atoms with Crippen LogP contribution >= 0.6 is 11.3 Å². The number of hydrogen-bond donors (Lipinski definition) is 2. The Morgan fingerprint density at radius 1 is 0.974 bits per heavy atom. The molecule has 1 saturated heterocycles. The largest absolute Gasteiger partial charge is 0.369 e. The van der Waals surface area contributed by atoms with E-state index in [1.165, 1.54) is 23.9 Å². The van der Waals surface area contributed by atoms with Crippen LogP contribution in [-0.2, 0) is 6.54 Å². The number of piperazine rings is 1. The van der Waals surface area contributed by atoms with Gasteiger partial charge in [0.25, 0.3) is 5.91 Å². The van der Waals surface area contributed by atoms with Crippen molar-refractivity contribution in [1.29, 1.82) is 0 Å². The predicted octanol–water partition coefficient (Wildman–Crippen LogP) is 4.83. The molecule has 194 valence electrons. The minimum atomic E-state index is -0.164. The highest BCUT2D eigenvalue weighted by Gasteiger charge is 2.15. The average Bonchev–Trinajstić information content (AvgIpc) is 3.43. The van der Waals surface area contributed by atoms with Crippen molar-refractivity contribution in [3.8, 4) is 10.6 Å². The van der Waals surface area contributed by atoms with Gasteiger partial charge in [-0.05, 0) is 62.0 Å². The summed E-state index contributed by atoms with van der Waals surface area (Å²) < 4.78 is 0. The Labute approximate surface area is 226 Å². The zero-order valence-electron chi connectivity index (χ0n) is 21.5. The normalized spacial score (nSPS) is 13.8. The van der Waals surface area contributed by atoms with Crippen LogP contribution in [0.15, 0.2) is 72.9 Å². The van der Waals surface area contributed by atoms with Crippen LogP contribution in [-0.4, -0.2) is 59.8 Å². The summed E-state index contributed by atoms with van der Waals surface area (Å²) in [6.07, 6.45) is 1.72. The molecule has 38 heavy (non-hydrogen) atoms. The molecule has 1 aliphatic heterocycles. The van der Waals surface area contributed by atoms with Crippen LogP contribution in [0.4, 0.5) is 17.3 Å². The number of carbonyl (C=O) groups is 2. The highest BCUT2D eigenvalue weighted by Crippen LogP contribution is 2.28. The van der Waals surface area contributed by atoms with Crippen molar-refractivity contribution in [3.05, 3.63) is 88.9 Å². The van der Waals surface area contributed by atoms with Gasteiger partial charge in [0.05, 0.1) is 15.4 Å². The molecule has 9 heteroatoms. The van der Waals surface area contributed by atoms with E-state index in [1.807, 2.05) is 36.4 Å². The number of carbonyl (C=O) groups excluding carboxylic acids is 2. The topological polar surface area (TPSA) is 90.5 Å². The maximum atomic E-state index is 12.8. The Kier molecular flexibility index (Phi) is 7.76. The number of ketones is 1. The smallest absolute Gasteiger partial charge is 0.261 e. The molecule has 1 fully saturated rings. The first-order chi connectivity index (χ1) is 18.4. The molecule has 1 amide bonds. The summed E-state index contributed by atoms with van der Waals surface area (Å²) in [5.74, 6) is 0.341. The van der Waals surface area contributed by atoms with Crippen molar-refractivity contribution in [1.82, 2.24) is 20.2 Å². The van der Waals surface area contributed by atoms with E-state index in [1.54, 1.807) is 24.4 Å². The molecule has 0 atom stereocenters. The number of thiophene rings is 1. The minimum absolute atomic E-state index is 0.00233. The van der Waals surface area contributed by atoms with Crippen molar-refractivity contribution < 1.29 is 9.59 Å². The summed E-state index contributed by atoms with van der Waals surface area (Å²) in [5.41, 5.74) is 4.37. The summed E-state index contributed by atoms with van der Waals surface area (Å²) in [5, 5.41) is 6.26. The maximum Gasteiger partial charge on any atom is 0.261 e. The lowest BCUT2D eigenvalue weighted by molar-refractivity contribution is 0.0954. The molecule has 3 heterocycles. The fourth-order valence-electron chi connectivity index (χ4n) is 4.30. The van der Waals surface area contributed by atoms with E-state index in [0.717, 1.165) is 48.0 Å². The Balaban J connectivity index is 1.23. The molecule has 0 bridgehead atoms. The van der Waals surface area contributed by atoms with E-state index >= 15 is 0 Å². The molecule has 0 radical (unpaired) electrons. The Bertz CT molecular complexity index is 1440. The lowest BCUT2D eigenvalue weighted by Crippen LogP contribution is -2.44. The van der Waals surface area contributed by atoms with E-state index < -0.39 is 0 Å². The molecule has 2 aromatic heterocycles. The van der Waals surface area contributed by atoms with Crippen molar-refractivity contribution in [2.24, 2.45) is 0 Å². The molecule has 0 aliphatic carbocycles. The van der Waals surface area contributed by atoms with Gasteiger partial charge in [0.2, 0.25) is 5.95 Å². The molecule has 8 nitrogen and oxygen atoms in total. The molecule has 2 aromatic carbocycles. The number of nitrogens with zero attached hydrogens (tertiary/aromatic N) is 4. The number of likely N-dealkylation sites (N-methyl/N-ethyl adjacent to an activating group) is 1. The third-order valence-corrected chi connectivity index (χ3v) is 7.60. The average molecular weight is 527 g/mol. The molecule has 4 aromatic rings. The third-order valence-electron chi connectivity index (χ3n) is 6.50. The van der Waals surface area contributed by atoms with Crippen LogP contribution in [0.25, 0.3) is 10.6 Å². The van der Waals surface area contributed by atoms with Crippen LogP contribution in [0, 0.1) is 0 Å². The summed E-state index contributed by atoms with van der Waals surface area (Å²) in [4.78, 5) is 39.6. The van der Waals surface area contributed by atoms with Crippen LogP contribution in [0.1, 0.15) is 32.5 Å². The first kappa shape index (κ1) is 25.6. The number of hydrogen-bond acceptors (Lipinski definition) is 8. The fraction of sp³-hybridized carbons (Fsp3) is 0.241. The van der Waals surface area contributed by atoms with Gasteiger partial charge >= 0.3 is 0 Å². The van der Waals surface area contributed by atoms with Gasteiger partial charge in [0.1, 0.15) is 0 Å². The second kappa shape index (κ2) is 11.5. The van der Waals surface area contributed by atoms with Crippen molar-refractivity contribution in [2.75, 3.05) is 43.4 Å². The van der Waals surface area contributed by atoms with Crippen molar-refractivity contribution in [3.63, 3.8) is 0 Å². The van der Waals surface area contributed by atoms with Gasteiger partial charge in [0, 0.05) is 55.9 Å². The third kappa shape index (κ3) is 6.24. The molecule has 0 saturated carbocycles. The lowest BCUT2D eigenvalue weighted by atomic mass is 10.1. The van der Waals surface area contributed by atoms with Crippen molar-refractivity contribution in [2.45, 2.75) is 13.5 Å². The highest BCUT2D eigenvalue weighted by molar-refractivity contribution is 7.17. The van der Waals surface area contributed by atoms with Gasteiger partial charge in [0.15, 0.2) is 5.78 Å². The second-order valence-electron chi connectivity index (χ2n) is 9.33. The van der Waals surface area contributed by atoms with Crippen LogP contribution in [0.2, 0.25) is 0 Å². The summed E-state index contributed by atoms with van der Waals surface area (Å²) in [6, 6.07) is 21.1. The second-order valence-corrected chi connectivity index (χ2v) is 10.4. The van der Waals surface area contributed by atoms with Gasteiger partial charge in [-0.15, -0.1) is 11.3 Å². The Hall–Kier alpha value is -4.08. The highest BCUT2D eigenvalue weighted by atomic mass is 32.1.